The number of ether oxygens (including phenoxy) is 2. The number of fused-ring (bicyclic) bond motifs is 3. The van der Waals surface area contributed by atoms with Gasteiger partial charge in [0.05, 0.1) is 25.3 Å². The van der Waals surface area contributed by atoms with Crippen LogP contribution in [0.3, 0.4) is 0 Å². The lowest BCUT2D eigenvalue weighted by atomic mass is 9.83. The maximum absolute atomic E-state index is 13.3. The molecule has 6 nitrogen and oxygen atoms in total. The topological polar surface area (TPSA) is 60.8 Å². The van der Waals surface area contributed by atoms with Gasteiger partial charge in [-0.3, -0.25) is 9.59 Å². The molecular weight excluding hydrogens is 356 g/mol. The molecule has 1 aromatic heterocycles. The van der Waals surface area contributed by atoms with Crippen LogP contribution in [0.15, 0.2) is 35.3 Å². The van der Waals surface area contributed by atoms with E-state index in [0.29, 0.717) is 30.7 Å². The van der Waals surface area contributed by atoms with Gasteiger partial charge < -0.3 is 18.9 Å². The number of morpholine rings is 1. The summed E-state index contributed by atoms with van der Waals surface area (Å²) < 4.78 is 12.9. The highest BCUT2D eigenvalue weighted by Gasteiger charge is 2.40. The van der Waals surface area contributed by atoms with Crippen molar-refractivity contribution in [3.8, 4) is 5.75 Å². The predicted molar refractivity (Wildman–Crippen MR) is 106 cm³/mol. The Bertz CT molecular complexity index is 965. The number of benzene rings is 1. The number of pyridine rings is 1. The standard InChI is InChI=1S/C22H26N2O4/c1-4-14-11-16(13-23(2)21(14)25)22(26)24-9-10-28-20-18-7-6-17(27-3)12-15(18)5-8-19(20)24/h6-7,11-13,19-20H,4-5,8-10H2,1-3H3. The molecule has 28 heavy (non-hydrogen) atoms. The molecule has 0 N–H and O–H groups in total. The number of methoxy groups -OCH3 is 1. The summed E-state index contributed by atoms with van der Waals surface area (Å²) >= 11 is 0. The summed E-state index contributed by atoms with van der Waals surface area (Å²) in [6.07, 6.45) is 3.87. The first-order valence-electron chi connectivity index (χ1n) is 9.82. The molecule has 2 aromatic rings. The van der Waals surface area contributed by atoms with E-state index in [2.05, 4.69) is 12.1 Å². The monoisotopic (exact) mass is 382 g/mol. The molecule has 2 aliphatic rings. The van der Waals surface area contributed by atoms with Crippen molar-refractivity contribution in [3.05, 3.63) is 63.1 Å². The van der Waals surface area contributed by atoms with Crippen LogP contribution in [0.1, 0.15) is 46.5 Å². The fourth-order valence-corrected chi connectivity index (χ4v) is 4.40. The van der Waals surface area contributed by atoms with E-state index in [0.717, 1.165) is 24.2 Å². The molecule has 4 rings (SSSR count). The van der Waals surface area contributed by atoms with E-state index in [-0.39, 0.29) is 23.6 Å². The average molecular weight is 382 g/mol. The van der Waals surface area contributed by atoms with Crippen molar-refractivity contribution in [2.75, 3.05) is 20.3 Å². The Morgan fingerprint density at radius 2 is 2.14 bits per heavy atom. The Kier molecular flexibility index (Phi) is 4.98. The zero-order chi connectivity index (χ0) is 19.8. The van der Waals surface area contributed by atoms with Crippen molar-refractivity contribution in [2.24, 2.45) is 7.05 Å². The third-order valence-electron chi connectivity index (χ3n) is 5.89. The van der Waals surface area contributed by atoms with Crippen LogP contribution in [-0.4, -0.2) is 41.7 Å². The number of carbonyl (C=O) groups is 1. The number of rotatable bonds is 3. The van der Waals surface area contributed by atoms with Crippen molar-refractivity contribution < 1.29 is 14.3 Å². The van der Waals surface area contributed by atoms with Crippen LogP contribution in [0.5, 0.6) is 5.75 Å². The largest absolute Gasteiger partial charge is 0.497 e. The molecule has 1 amide bonds. The normalized spacial score (nSPS) is 21.0. The molecule has 148 valence electrons. The van der Waals surface area contributed by atoms with Crippen molar-refractivity contribution in [1.29, 1.82) is 0 Å². The van der Waals surface area contributed by atoms with Gasteiger partial charge in [-0.15, -0.1) is 0 Å². The van der Waals surface area contributed by atoms with Gasteiger partial charge in [0.25, 0.3) is 11.5 Å². The number of carbonyl (C=O) groups excluding carboxylic acids is 1. The first kappa shape index (κ1) is 18.7. The van der Waals surface area contributed by atoms with E-state index in [1.54, 1.807) is 26.4 Å². The summed E-state index contributed by atoms with van der Waals surface area (Å²) in [6.45, 7) is 3.00. The van der Waals surface area contributed by atoms with E-state index in [1.165, 1.54) is 10.1 Å². The van der Waals surface area contributed by atoms with Crippen molar-refractivity contribution >= 4 is 5.91 Å². The molecule has 1 aliphatic heterocycles. The fraction of sp³-hybridized carbons (Fsp3) is 0.455. The quantitative estimate of drug-likeness (QED) is 0.818. The van der Waals surface area contributed by atoms with E-state index in [4.69, 9.17) is 9.47 Å². The summed E-state index contributed by atoms with van der Waals surface area (Å²) in [5.41, 5.74) is 3.56. The second kappa shape index (κ2) is 7.43. The van der Waals surface area contributed by atoms with Crippen LogP contribution in [0.25, 0.3) is 0 Å². The summed E-state index contributed by atoms with van der Waals surface area (Å²) in [6, 6.07) is 7.82. The lowest BCUT2D eigenvalue weighted by Gasteiger charge is -2.44. The highest BCUT2D eigenvalue weighted by atomic mass is 16.5. The second-order valence-corrected chi connectivity index (χ2v) is 7.48. The number of nitrogens with zero attached hydrogens (tertiary/aromatic N) is 2. The highest BCUT2D eigenvalue weighted by molar-refractivity contribution is 5.94. The molecule has 2 heterocycles. The molecule has 1 saturated heterocycles. The number of hydrogen-bond acceptors (Lipinski definition) is 4. The van der Waals surface area contributed by atoms with Crippen molar-refractivity contribution in [2.45, 2.75) is 38.3 Å². The first-order valence-corrected chi connectivity index (χ1v) is 9.82. The van der Waals surface area contributed by atoms with Gasteiger partial charge in [-0.05, 0) is 48.6 Å². The summed E-state index contributed by atoms with van der Waals surface area (Å²) in [5.74, 6) is 0.818. The maximum Gasteiger partial charge on any atom is 0.255 e. The van der Waals surface area contributed by atoms with E-state index >= 15 is 0 Å². The first-order chi connectivity index (χ1) is 13.5. The molecule has 2 atom stereocenters. The minimum absolute atomic E-state index is 0.00413. The molecule has 0 radical (unpaired) electrons. The van der Waals surface area contributed by atoms with E-state index in [1.807, 2.05) is 17.9 Å². The van der Waals surface area contributed by atoms with Gasteiger partial charge in [0, 0.05) is 25.4 Å². The van der Waals surface area contributed by atoms with Crippen molar-refractivity contribution in [3.63, 3.8) is 0 Å². The minimum atomic E-state index is -0.120. The molecule has 0 spiro atoms. The van der Waals surface area contributed by atoms with Crippen LogP contribution in [0.2, 0.25) is 0 Å². The molecule has 2 unspecified atom stereocenters. The lowest BCUT2D eigenvalue weighted by Crippen LogP contribution is -2.51. The van der Waals surface area contributed by atoms with Crippen LogP contribution in [0, 0.1) is 0 Å². The summed E-state index contributed by atoms with van der Waals surface area (Å²) in [4.78, 5) is 27.4. The average Bonchev–Trinajstić information content (AvgIpc) is 2.73. The predicted octanol–water partition coefficient (Wildman–Crippen LogP) is 2.48. The molecule has 1 aromatic carbocycles. The van der Waals surface area contributed by atoms with Gasteiger partial charge >= 0.3 is 0 Å². The van der Waals surface area contributed by atoms with Gasteiger partial charge in [0.15, 0.2) is 0 Å². The molecule has 0 bridgehead atoms. The number of hydrogen-bond donors (Lipinski definition) is 0. The van der Waals surface area contributed by atoms with Crippen LogP contribution >= 0.6 is 0 Å². The van der Waals surface area contributed by atoms with Gasteiger partial charge in [-0.25, -0.2) is 0 Å². The van der Waals surface area contributed by atoms with Crippen LogP contribution in [0.4, 0.5) is 0 Å². The van der Waals surface area contributed by atoms with E-state index < -0.39 is 0 Å². The zero-order valence-electron chi connectivity index (χ0n) is 16.6. The third kappa shape index (κ3) is 3.11. The maximum atomic E-state index is 13.3. The third-order valence-corrected chi connectivity index (χ3v) is 5.89. The SMILES string of the molecule is CCc1cc(C(=O)N2CCOC3c4ccc(OC)cc4CCC32)cn(C)c1=O. The minimum Gasteiger partial charge on any atom is -0.497 e. The zero-order valence-corrected chi connectivity index (χ0v) is 16.6. The van der Waals surface area contributed by atoms with Crippen molar-refractivity contribution in [1.82, 2.24) is 9.47 Å². The Hall–Kier alpha value is -2.60. The lowest BCUT2D eigenvalue weighted by molar-refractivity contribution is -0.0675. The van der Waals surface area contributed by atoms with Gasteiger partial charge in [-0.2, -0.15) is 0 Å². The van der Waals surface area contributed by atoms with Gasteiger partial charge in [-0.1, -0.05) is 13.0 Å². The number of aromatic nitrogens is 1. The highest BCUT2D eigenvalue weighted by Crippen LogP contribution is 2.39. The summed E-state index contributed by atoms with van der Waals surface area (Å²) in [5, 5.41) is 0. The Balaban J connectivity index is 1.65. The summed E-state index contributed by atoms with van der Waals surface area (Å²) in [7, 11) is 3.37. The molecule has 6 heteroatoms. The molecular formula is C22H26N2O4. The Morgan fingerprint density at radius 1 is 1.32 bits per heavy atom. The van der Waals surface area contributed by atoms with Gasteiger partial charge in [0.2, 0.25) is 0 Å². The van der Waals surface area contributed by atoms with Gasteiger partial charge in [0.1, 0.15) is 11.9 Å². The molecule has 1 aliphatic carbocycles. The van der Waals surface area contributed by atoms with Crippen LogP contribution in [-0.2, 0) is 24.6 Å². The smallest absolute Gasteiger partial charge is 0.255 e. The fourth-order valence-electron chi connectivity index (χ4n) is 4.40. The Labute approximate surface area is 164 Å². The second-order valence-electron chi connectivity index (χ2n) is 7.48. The van der Waals surface area contributed by atoms with Crippen LogP contribution < -0.4 is 10.3 Å². The van der Waals surface area contributed by atoms with E-state index in [9.17, 15) is 9.59 Å². The molecule has 1 fully saturated rings. The number of amides is 1. The molecule has 0 saturated carbocycles. The number of aryl methyl sites for hydroxylation is 3. The Morgan fingerprint density at radius 3 is 2.89 bits per heavy atom.